The van der Waals surface area contributed by atoms with Crippen LogP contribution in [-0.2, 0) is 17.7 Å². The Morgan fingerprint density at radius 2 is 1.84 bits per heavy atom. The molecule has 0 fully saturated rings. The molecule has 1 aliphatic heterocycles. The number of methoxy groups -OCH3 is 1. The van der Waals surface area contributed by atoms with Crippen LogP contribution in [-0.4, -0.2) is 44.3 Å². The van der Waals surface area contributed by atoms with Gasteiger partial charge in [0.15, 0.2) is 0 Å². The van der Waals surface area contributed by atoms with Crippen molar-refractivity contribution in [3.63, 3.8) is 0 Å². The molecule has 0 aromatic heterocycles. The second-order valence-electron chi connectivity index (χ2n) is 9.10. The van der Waals surface area contributed by atoms with E-state index in [2.05, 4.69) is 39.0 Å². The Morgan fingerprint density at radius 3 is 2.56 bits per heavy atom. The fraction of sp³-hybridized carbons (Fsp3) is 0.440. The second kappa shape index (κ2) is 10.5. The fourth-order valence-corrected chi connectivity index (χ4v) is 3.79. The van der Waals surface area contributed by atoms with Crippen LogP contribution in [0.3, 0.4) is 0 Å². The highest BCUT2D eigenvalue weighted by Gasteiger charge is 2.22. The van der Waals surface area contributed by atoms with Crippen LogP contribution < -0.4 is 20.9 Å². The minimum atomic E-state index is -0.354. The van der Waals surface area contributed by atoms with Crippen LogP contribution in [0.15, 0.2) is 42.5 Å². The summed E-state index contributed by atoms with van der Waals surface area (Å²) in [6.45, 7) is 8.45. The number of fused-ring (bicyclic) bond motifs is 1. The summed E-state index contributed by atoms with van der Waals surface area (Å²) in [5.41, 5.74) is 4.27. The number of amides is 3. The summed E-state index contributed by atoms with van der Waals surface area (Å²) in [5, 5.41) is 8.70. The molecule has 0 saturated heterocycles. The molecule has 32 heavy (non-hydrogen) atoms. The lowest BCUT2D eigenvalue weighted by Crippen LogP contribution is -2.43. The monoisotopic (exact) mass is 438 g/mol. The molecule has 7 nitrogen and oxygen atoms in total. The molecule has 1 heterocycles. The van der Waals surface area contributed by atoms with E-state index in [1.54, 1.807) is 13.2 Å². The average Bonchev–Trinajstić information content (AvgIpc) is 2.75. The van der Waals surface area contributed by atoms with E-state index in [-0.39, 0.29) is 17.5 Å². The molecule has 0 saturated carbocycles. The van der Waals surface area contributed by atoms with Gasteiger partial charge in [-0.1, -0.05) is 24.3 Å². The molecule has 1 aliphatic rings. The number of nitrogens with zero attached hydrogens (tertiary/aromatic N) is 1. The standard InChI is InChI=1S/C25H34N4O3/c1-25(2,3)28-24(31)27-20-10-11-22(21(16-20)23(30)26-13-7-15-32-4)29-14-12-18-8-5-6-9-19(18)17-29/h5-6,8-11,16H,7,12-15,17H2,1-4H3,(H,26,30)(H2,27,28,31). The van der Waals surface area contributed by atoms with E-state index in [0.717, 1.165) is 31.6 Å². The Labute approximate surface area is 190 Å². The van der Waals surface area contributed by atoms with Crippen molar-refractivity contribution in [1.29, 1.82) is 0 Å². The molecule has 0 spiro atoms. The van der Waals surface area contributed by atoms with Crippen LogP contribution in [0.1, 0.15) is 48.7 Å². The molecule has 0 radical (unpaired) electrons. The van der Waals surface area contributed by atoms with Gasteiger partial charge in [-0.2, -0.15) is 0 Å². The molecule has 0 aliphatic carbocycles. The Hall–Kier alpha value is -3.06. The summed E-state index contributed by atoms with van der Waals surface area (Å²) in [6, 6.07) is 13.6. The number of anilines is 2. The van der Waals surface area contributed by atoms with E-state index in [1.165, 1.54) is 11.1 Å². The maximum Gasteiger partial charge on any atom is 0.319 e. The summed E-state index contributed by atoms with van der Waals surface area (Å²) in [7, 11) is 1.64. The zero-order chi connectivity index (χ0) is 23.1. The summed E-state index contributed by atoms with van der Waals surface area (Å²) < 4.78 is 5.07. The smallest absolute Gasteiger partial charge is 0.319 e. The van der Waals surface area contributed by atoms with Gasteiger partial charge >= 0.3 is 6.03 Å². The minimum absolute atomic E-state index is 0.158. The zero-order valence-electron chi connectivity index (χ0n) is 19.5. The Balaban J connectivity index is 1.83. The van der Waals surface area contributed by atoms with Crippen molar-refractivity contribution in [2.75, 3.05) is 37.0 Å². The first kappa shape index (κ1) is 23.6. The third kappa shape index (κ3) is 6.47. The molecule has 0 bridgehead atoms. The largest absolute Gasteiger partial charge is 0.385 e. The lowest BCUT2D eigenvalue weighted by Gasteiger charge is -2.32. The number of nitrogens with one attached hydrogen (secondary N) is 3. The lowest BCUT2D eigenvalue weighted by atomic mass is 9.98. The highest BCUT2D eigenvalue weighted by molar-refractivity contribution is 6.02. The predicted molar refractivity (Wildman–Crippen MR) is 128 cm³/mol. The van der Waals surface area contributed by atoms with Gasteiger partial charge in [0.25, 0.3) is 5.91 Å². The van der Waals surface area contributed by atoms with Crippen molar-refractivity contribution in [3.05, 3.63) is 59.2 Å². The third-order valence-corrected chi connectivity index (χ3v) is 5.27. The van der Waals surface area contributed by atoms with Gasteiger partial charge in [0.05, 0.1) is 5.56 Å². The van der Waals surface area contributed by atoms with Crippen molar-refractivity contribution >= 4 is 23.3 Å². The van der Waals surface area contributed by atoms with E-state index >= 15 is 0 Å². The summed E-state index contributed by atoms with van der Waals surface area (Å²) >= 11 is 0. The van der Waals surface area contributed by atoms with Crippen LogP contribution in [0.5, 0.6) is 0 Å². The van der Waals surface area contributed by atoms with Gasteiger partial charge in [-0.05, 0) is 62.9 Å². The van der Waals surface area contributed by atoms with E-state index < -0.39 is 0 Å². The molecule has 0 atom stereocenters. The van der Waals surface area contributed by atoms with E-state index in [9.17, 15) is 9.59 Å². The maximum absolute atomic E-state index is 13.1. The molecule has 3 amide bonds. The number of benzene rings is 2. The Morgan fingerprint density at radius 1 is 1.09 bits per heavy atom. The van der Waals surface area contributed by atoms with Crippen molar-refractivity contribution in [3.8, 4) is 0 Å². The molecule has 2 aromatic rings. The maximum atomic E-state index is 13.1. The number of ether oxygens (including phenoxy) is 1. The molecular formula is C25H34N4O3. The molecule has 172 valence electrons. The number of carbonyl (C=O) groups is 2. The number of carbonyl (C=O) groups excluding carboxylic acids is 2. The summed E-state index contributed by atoms with van der Waals surface area (Å²) in [5.74, 6) is -0.158. The van der Waals surface area contributed by atoms with Gasteiger partial charge < -0.3 is 25.6 Å². The molecule has 3 rings (SSSR count). The van der Waals surface area contributed by atoms with Crippen LogP contribution in [0, 0.1) is 0 Å². The van der Waals surface area contributed by atoms with E-state index in [1.807, 2.05) is 39.0 Å². The highest BCUT2D eigenvalue weighted by atomic mass is 16.5. The van der Waals surface area contributed by atoms with Crippen molar-refractivity contribution < 1.29 is 14.3 Å². The molecule has 0 unspecified atom stereocenters. The molecule has 3 N–H and O–H groups in total. The SMILES string of the molecule is COCCCNC(=O)c1cc(NC(=O)NC(C)(C)C)ccc1N1CCc2ccccc2C1. The van der Waals surface area contributed by atoms with Crippen LogP contribution in [0.2, 0.25) is 0 Å². The van der Waals surface area contributed by atoms with E-state index in [4.69, 9.17) is 4.74 Å². The number of hydrogen-bond donors (Lipinski definition) is 3. The molecule has 2 aromatic carbocycles. The van der Waals surface area contributed by atoms with Gasteiger partial charge in [-0.3, -0.25) is 4.79 Å². The van der Waals surface area contributed by atoms with Gasteiger partial charge in [0.2, 0.25) is 0 Å². The first-order valence-electron chi connectivity index (χ1n) is 11.1. The predicted octanol–water partition coefficient (Wildman–Crippen LogP) is 3.94. The van der Waals surface area contributed by atoms with Crippen LogP contribution in [0.25, 0.3) is 0 Å². The topological polar surface area (TPSA) is 82.7 Å². The quantitative estimate of drug-likeness (QED) is 0.572. The number of hydrogen-bond acceptors (Lipinski definition) is 4. The molecular weight excluding hydrogens is 404 g/mol. The van der Waals surface area contributed by atoms with Gasteiger partial charge in [0, 0.05) is 50.3 Å². The summed E-state index contributed by atoms with van der Waals surface area (Å²) in [6.07, 6.45) is 1.67. The second-order valence-corrected chi connectivity index (χ2v) is 9.10. The number of rotatable bonds is 7. The van der Waals surface area contributed by atoms with Gasteiger partial charge in [-0.15, -0.1) is 0 Å². The van der Waals surface area contributed by atoms with Gasteiger partial charge in [0.1, 0.15) is 0 Å². The van der Waals surface area contributed by atoms with Crippen molar-refractivity contribution in [1.82, 2.24) is 10.6 Å². The van der Waals surface area contributed by atoms with E-state index in [0.29, 0.717) is 24.4 Å². The molecule has 7 heteroatoms. The van der Waals surface area contributed by atoms with Crippen LogP contribution in [0.4, 0.5) is 16.2 Å². The number of urea groups is 1. The zero-order valence-corrected chi connectivity index (χ0v) is 19.5. The average molecular weight is 439 g/mol. The van der Waals surface area contributed by atoms with Crippen LogP contribution >= 0.6 is 0 Å². The first-order valence-corrected chi connectivity index (χ1v) is 11.1. The van der Waals surface area contributed by atoms with Gasteiger partial charge in [-0.25, -0.2) is 4.79 Å². The normalized spacial score (nSPS) is 13.3. The van der Waals surface area contributed by atoms with Crippen molar-refractivity contribution in [2.24, 2.45) is 0 Å². The summed E-state index contributed by atoms with van der Waals surface area (Å²) in [4.78, 5) is 27.6. The first-order chi connectivity index (χ1) is 15.3. The van der Waals surface area contributed by atoms with Crippen molar-refractivity contribution in [2.45, 2.75) is 45.7 Å². The minimum Gasteiger partial charge on any atom is -0.385 e. The Kier molecular flexibility index (Phi) is 7.75. The highest BCUT2D eigenvalue weighted by Crippen LogP contribution is 2.29. The third-order valence-electron chi connectivity index (χ3n) is 5.27. The Bertz CT molecular complexity index is 952. The lowest BCUT2D eigenvalue weighted by molar-refractivity contribution is 0.0949. The fourth-order valence-electron chi connectivity index (χ4n) is 3.79.